The minimum Gasteiger partial charge on any atom is -0.496 e. The number of nitrogen functional groups attached to an aromatic ring is 1. The van der Waals surface area contributed by atoms with Gasteiger partial charge in [-0.2, -0.15) is 26.3 Å². The fourth-order valence-electron chi connectivity index (χ4n) is 3.07. The van der Waals surface area contributed by atoms with E-state index in [1.54, 1.807) is 22.6 Å². The van der Waals surface area contributed by atoms with Crippen molar-refractivity contribution in [3.63, 3.8) is 0 Å². The molecule has 0 bridgehead atoms. The highest BCUT2D eigenvalue weighted by molar-refractivity contribution is 14.1. The van der Waals surface area contributed by atoms with Crippen molar-refractivity contribution in [2.24, 2.45) is 0 Å². The highest BCUT2D eigenvalue weighted by Crippen LogP contribution is 2.52. The molecule has 3 aromatic rings. The van der Waals surface area contributed by atoms with Gasteiger partial charge in [0.15, 0.2) is 0 Å². The number of benzene rings is 2. The van der Waals surface area contributed by atoms with Crippen LogP contribution in [0.2, 0.25) is 0 Å². The van der Waals surface area contributed by atoms with E-state index in [9.17, 15) is 26.3 Å². The molecule has 0 fully saturated rings. The van der Waals surface area contributed by atoms with Crippen LogP contribution in [-0.4, -0.2) is 7.11 Å². The standard InChI is InChI=1S/C20H14F6INO2/c1-29-16-7-5-12(20(24,25)26)10-14(16)18(27,17-3-2-8-30-17)13-9-11(19(21,22)23)4-6-15(13)28/h2-10H,28H2,1H3. The normalized spacial score (nSPS) is 14.4. The molecule has 1 heterocycles. The van der Waals surface area contributed by atoms with E-state index in [0.717, 1.165) is 36.4 Å². The van der Waals surface area contributed by atoms with Gasteiger partial charge in [0.25, 0.3) is 0 Å². The SMILES string of the molecule is COc1ccc(C(F)(F)F)cc1C(I)(c1ccco1)c1cc(C(F)(F)F)ccc1N. The zero-order valence-corrected chi connectivity index (χ0v) is 17.4. The molecular weight excluding hydrogens is 527 g/mol. The van der Waals surface area contributed by atoms with Crippen molar-refractivity contribution in [2.75, 3.05) is 12.8 Å². The Bertz CT molecular complexity index is 1050. The summed E-state index contributed by atoms with van der Waals surface area (Å²) in [5.74, 6) is 0.123. The number of anilines is 1. The topological polar surface area (TPSA) is 48.4 Å². The van der Waals surface area contributed by atoms with Crippen LogP contribution in [0.15, 0.2) is 59.2 Å². The maximum absolute atomic E-state index is 13.4. The van der Waals surface area contributed by atoms with Gasteiger partial charge in [-0.25, -0.2) is 0 Å². The minimum absolute atomic E-state index is 0.0330. The molecule has 0 aliphatic heterocycles. The number of hydrogen-bond acceptors (Lipinski definition) is 3. The van der Waals surface area contributed by atoms with Crippen LogP contribution < -0.4 is 10.5 Å². The molecule has 3 rings (SSSR count). The molecule has 1 atom stereocenters. The first-order chi connectivity index (χ1) is 13.9. The Labute approximate surface area is 181 Å². The van der Waals surface area contributed by atoms with E-state index >= 15 is 0 Å². The fourth-order valence-corrected chi connectivity index (χ4v) is 4.27. The van der Waals surface area contributed by atoms with Gasteiger partial charge in [-0.05, 0) is 48.5 Å². The molecule has 0 aliphatic carbocycles. The van der Waals surface area contributed by atoms with Gasteiger partial charge in [0.2, 0.25) is 0 Å². The molecule has 0 spiro atoms. The smallest absolute Gasteiger partial charge is 0.416 e. The van der Waals surface area contributed by atoms with Gasteiger partial charge in [-0.3, -0.25) is 0 Å². The Hall–Kier alpha value is -2.37. The number of furan rings is 1. The number of methoxy groups -OCH3 is 1. The minimum atomic E-state index is -4.68. The Kier molecular flexibility index (Phi) is 5.74. The third-order valence-corrected chi connectivity index (χ3v) is 6.20. The van der Waals surface area contributed by atoms with Gasteiger partial charge in [0.1, 0.15) is 14.9 Å². The quantitative estimate of drug-likeness (QED) is 0.175. The molecule has 30 heavy (non-hydrogen) atoms. The van der Waals surface area contributed by atoms with E-state index in [1.165, 1.54) is 25.5 Å². The second-order valence-corrected chi connectivity index (χ2v) is 7.97. The molecule has 0 radical (unpaired) electrons. The van der Waals surface area contributed by atoms with E-state index in [1.807, 2.05) is 0 Å². The van der Waals surface area contributed by atoms with E-state index in [-0.39, 0.29) is 28.3 Å². The molecule has 0 saturated heterocycles. The van der Waals surface area contributed by atoms with Crippen molar-refractivity contribution in [2.45, 2.75) is 15.8 Å². The summed E-state index contributed by atoms with van der Waals surface area (Å²) in [4.78, 5) is 0. The second kappa shape index (κ2) is 7.71. The van der Waals surface area contributed by atoms with E-state index in [4.69, 9.17) is 14.9 Å². The van der Waals surface area contributed by atoms with Gasteiger partial charge < -0.3 is 14.9 Å². The lowest BCUT2D eigenvalue weighted by Crippen LogP contribution is -2.25. The molecule has 0 aliphatic rings. The molecule has 2 N–H and O–H groups in total. The number of rotatable bonds is 4. The van der Waals surface area contributed by atoms with Crippen LogP contribution in [0.3, 0.4) is 0 Å². The number of alkyl halides is 7. The van der Waals surface area contributed by atoms with Gasteiger partial charge in [-0.1, -0.05) is 22.6 Å². The summed E-state index contributed by atoms with van der Waals surface area (Å²) in [5.41, 5.74) is 3.84. The van der Waals surface area contributed by atoms with Crippen molar-refractivity contribution < 1.29 is 35.5 Å². The van der Waals surface area contributed by atoms with Gasteiger partial charge in [0, 0.05) is 16.8 Å². The molecule has 1 unspecified atom stereocenters. The van der Waals surface area contributed by atoms with E-state index in [2.05, 4.69) is 0 Å². The second-order valence-electron chi connectivity index (χ2n) is 6.35. The van der Waals surface area contributed by atoms with Crippen molar-refractivity contribution >= 4 is 28.3 Å². The largest absolute Gasteiger partial charge is 0.496 e. The van der Waals surface area contributed by atoms with Crippen molar-refractivity contribution in [1.29, 1.82) is 0 Å². The maximum atomic E-state index is 13.4. The molecule has 3 nitrogen and oxygen atoms in total. The number of hydrogen-bond donors (Lipinski definition) is 1. The molecule has 0 saturated carbocycles. The molecule has 1 aromatic heterocycles. The number of nitrogens with two attached hydrogens (primary N) is 1. The first-order valence-corrected chi connectivity index (χ1v) is 9.42. The van der Waals surface area contributed by atoms with Crippen LogP contribution in [0.1, 0.15) is 28.0 Å². The lowest BCUT2D eigenvalue weighted by Gasteiger charge is -2.30. The molecule has 160 valence electrons. The predicted octanol–water partition coefficient (Wildman–Crippen LogP) is 6.63. The lowest BCUT2D eigenvalue weighted by atomic mass is 9.85. The summed E-state index contributed by atoms with van der Waals surface area (Å²) in [6, 6.07) is 8.38. The maximum Gasteiger partial charge on any atom is 0.416 e. The summed E-state index contributed by atoms with van der Waals surface area (Å²) < 4.78 is 89.3. The summed E-state index contributed by atoms with van der Waals surface area (Å²) in [7, 11) is 1.25. The Morgan fingerprint density at radius 1 is 0.867 bits per heavy atom. The monoisotopic (exact) mass is 541 g/mol. The fraction of sp³-hybridized carbons (Fsp3) is 0.200. The van der Waals surface area contributed by atoms with E-state index < -0.39 is 26.9 Å². The third-order valence-electron chi connectivity index (χ3n) is 4.51. The summed E-state index contributed by atoms with van der Waals surface area (Å²) in [6.07, 6.45) is -8.09. The van der Waals surface area contributed by atoms with Crippen molar-refractivity contribution in [1.82, 2.24) is 0 Å². The van der Waals surface area contributed by atoms with Crippen LogP contribution in [0.25, 0.3) is 0 Å². The molecule has 0 amide bonds. The van der Waals surface area contributed by atoms with Crippen LogP contribution in [0.5, 0.6) is 5.75 Å². The summed E-state index contributed by atoms with van der Waals surface area (Å²) in [6.45, 7) is 0. The third kappa shape index (κ3) is 3.96. The van der Waals surface area contributed by atoms with Gasteiger partial charge in [-0.15, -0.1) is 0 Å². The van der Waals surface area contributed by atoms with E-state index in [0.29, 0.717) is 0 Å². The molecule has 2 aromatic carbocycles. The Balaban J connectivity index is 2.39. The van der Waals surface area contributed by atoms with Gasteiger partial charge in [0.05, 0.1) is 24.5 Å². The highest BCUT2D eigenvalue weighted by Gasteiger charge is 2.43. The average molecular weight is 541 g/mol. The Morgan fingerprint density at radius 2 is 1.43 bits per heavy atom. The van der Waals surface area contributed by atoms with Crippen molar-refractivity contribution in [3.8, 4) is 5.75 Å². The summed E-state index contributed by atoms with van der Waals surface area (Å²) >= 11 is 1.74. The van der Waals surface area contributed by atoms with Crippen molar-refractivity contribution in [3.05, 3.63) is 82.8 Å². The zero-order valence-electron chi connectivity index (χ0n) is 15.2. The predicted molar refractivity (Wildman–Crippen MR) is 106 cm³/mol. The first-order valence-electron chi connectivity index (χ1n) is 8.35. The van der Waals surface area contributed by atoms with Crippen LogP contribution in [0, 0.1) is 0 Å². The highest BCUT2D eigenvalue weighted by atomic mass is 127. The van der Waals surface area contributed by atoms with Crippen LogP contribution in [-0.2, 0) is 15.8 Å². The van der Waals surface area contributed by atoms with Gasteiger partial charge >= 0.3 is 12.4 Å². The van der Waals surface area contributed by atoms with Crippen LogP contribution in [0.4, 0.5) is 32.0 Å². The first kappa shape index (κ1) is 22.3. The summed E-state index contributed by atoms with van der Waals surface area (Å²) in [5, 5.41) is 0. The number of halogens is 7. The lowest BCUT2D eigenvalue weighted by molar-refractivity contribution is -0.138. The Morgan fingerprint density at radius 3 is 1.93 bits per heavy atom. The zero-order chi connectivity index (χ0) is 22.3. The number of ether oxygens (including phenoxy) is 1. The molecular formula is C20H14F6INO2. The molecule has 10 heteroatoms. The van der Waals surface area contributed by atoms with Crippen LogP contribution >= 0.6 is 22.6 Å². The average Bonchev–Trinajstić information content (AvgIpc) is 3.21.